The molecular weight excluding hydrogens is 460 g/mol. The molecule has 3 heterocycles. The lowest BCUT2D eigenvalue weighted by Gasteiger charge is -2.11. The molecule has 0 amide bonds. The number of aromatic amines is 1. The maximum absolute atomic E-state index is 13.1. The Kier molecular flexibility index (Phi) is 7.46. The SMILES string of the molecule is CCCCCn1c(=O)n(CCCCc2noc(-c3ccccc3OC)n2)c(=O)c2[nH]c(Cl)nc21. The first kappa shape index (κ1) is 23.7. The molecule has 0 fully saturated rings. The predicted octanol–water partition coefficient (Wildman–Crippen LogP) is 3.81. The number of imidazole rings is 1. The molecule has 4 rings (SSSR count). The minimum absolute atomic E-state index is 0.0939. The van der Waals surface area contributed by atoms with Crippen molar-refractivity contribution in [3.05, 3.63) is 56.2 Å². The van der Waals surface area contributed by atoms with Crippen molar-refractivity contribution in [1.82, 2.24) is 29.2 Å². The van der Waals surface area contributed by atoms with Crippen LogP contribution in [0.4, 0.5) is 0 Å². The summed E-state index contributed by atoms with van der Waals surface area (Å²) in [6, 6.07) is 7.42. The zero-order chi connectivity index (χ0) is 24.1. The molecule has 0 atom stereocenters. The molecule has 0 spiro atoms. The van der Waals surface area contributed by atoms with Gasteiger partial charge in [0, 0.05) is 19.5 Å². The maximum Gasteiger partial charge on any atom is 0.332 e. The fourth-order valence-corrected chi connectivity index (χ4v) is 4.07. The van der Waals surface area contributed by atoms with E-state index in [1.54, 1.807) is 7.11 Å². The van der Waals surface area contributed by atoms with Crippen LogP contribution in [0.1, 0.15) is 44.9 Å². The van der Waals surface area contributed by atoms with Gasteiger partial charge in [-0.2, -0.15) is 9.97 Å². The molecule has 0 aliphatic heterocycles. The largest absolute Gasteiger partial charge is 0.496 e. The molecule has 11 heteroatoms. The van der Waals surface area contributed by atoms with Crippen LogP contribution < -0.4 is 16.0 Å². The number of fused-ring (bicyclic) bond motifs is 1. The van der Waals surface area contributed by atoms with E-state index in [0.29, 0.717) is 48.9 Å². The second-order valence-corrected chi connectivity index (χ2v) is 8.36. The number of aryl methyl sites for hydroxylation is 2. The van der Waals surface area contributed by atoms with Gasteiger partial charge >= 0.3 is 5.69 Å². The standard InChI is InChI=1S/C23H27ClN6O4/c1-3-4-8-13-29-19-18(26-22(24)27-19)21(31)30(23(29)32)14-9-7-12-17-25-20(34-28-17)15-10-5-6-11-16(15)33-2/h5-6,10-11H,3-4,7-9,12-14H2,1-2H3,(H,26,27). The van der Waals surface area contributed by atoms with Gasteiger partial charge in [-0.1, -0.05) is 37.1 Å². The van der Waals surface area contributed by atoms with Crippen LogP contribution in [0, 0.1) is 0 Å². The first-order chi connectivity index (χ1) is 16.5. The van der Waals surface area contributed by atoms with Gasteiger partial charge in [0.1, 0.15) is 5.75 Å². The van der Waals surface area contributed by atoms with Crippen molar-refractivity contribution in [2.45, 2.75) is 58.5 Å². The number of halogens is 1. The second-order valence-electron chi connectivity index (χ2n) is 8.00. The summed E-state index contributed by atoms with van der Waals surface area (Å²) in [5.41, 5.74) is 0.508. The number of nitrogens with one attached hydrogen (secondary N) is 1. The average molecular weight is 487 g/mol. The van der Waals surface area contributed by atoms with E-state index in [1.165, 1.54) is 9.13 Å². The van der Waals surface area contributed by atoms with Gasteiger partial charge in [0.05, 0.1) is 12.7 Å². The molecule has 0 saturated heterocycles. The minimum atomic E-state index is -0.413. The average Bonchev–Trinajstić information content (AvgIpc) is 3.47. The molecule has 34 heavy (non-hydrogen) atoms. The number of hydrogen-bond donors (Lipinski definition) is 1. The number of hydrogen-bond acceptors (Lipinski definition) is 7. The van der Waals surface area contributed by atoms with E-state index < -0.39 is 5.56 Å². The molecule has 4 aromatic rings. The number of aromatic nitrogens is 6. The van der Waals surface area contributed by atoms with Crippen molar-refractivity contribution in [2.24, 2.45) is 0 Å². The van der Waals surface area contributed by atoms with Crippen LogP contribution >= 0.6 is 11.6 Å². The van der Waals surface area contributed by atoms with Crippen LogP contribution in [-0.2, 0) is 19.5 Å². The Balaban J connectivity index is 1.46. The number of unbranched alkanes of at least 4 members (excludes halogenated alkanes) is 3. The second kappa shape index (κ2) is 10.7. The van der Waals surface area contributed by atoms with E-state index in [9.17, 15) is 9.59 Å². The van der Waals surface area contributed by atoms with Crippen LogP contribution in [0.3, 0.4) is 0 Å². The number of para-hydroxylation sites is 1. The Hall–Kier alpha value is -3.40. The lowest BCUT2D eigenvalue weighted by atomic mass is 10.2. The number of H-pyrrole nitrogens is 1. The third kappa shape index (κ3) is 4.91. The third-order valence-corrected chi connectivity index (χ3v) is 5.83. The summed E-state index contributed by atoms with van der Waals surface area (Å²) in [6.45, 7) is 2.85. The minimum Gasteiger partial charge on any atom is -0.496 e. The number of benzene rings is 1. The highest BCUT2D eigenvalue weighted by Gasteiger charge is 2.17. The zero-order valence-corrected chi connectivity index (χ0v) is 20.0. The van der Waals surface area contributed by atoms with Crippen molar-refractivity contribution in [1.29, 1.82) is 0 Å². The summed E-state index contributed by atoms with van der Waals surface area (Å²) < 4.78 is 13.5. The van der Waals surface area contributed by atoms with E-state index in [-0.39, 0.29) is 23.0 Å². The van der Waals surface area contributed by atoms with E-state index in [4.69, 9.17) is 20.9 Å². The number of methoxy groups -OCH3 is 1. The van der Waals surface area contributed by atoms with Crippen molar-refractivity contribution >= 4 is 22.8 Å². The monoisotopic (exact) mass is 486 g/mol. The summed E-state index contributed by atoms with van der Waals surface area (Å²) in [5, 5.41) is 4.14. The molecule has 0 radical (unpaired) electrons. The first-order valence-corrected chi connectivity index (χ1v) is 11.8. The Labute approximate surface area is 200 Å². The van der Waals surface area contributed by atoms with E-state index >= 15 is 0 Å². The van der Waals surface area contributed by atoms with Crippen molar-refractivity contribution in [2.75, 3.05) is 7.11 Å². The molecule has 1 N–H and O–H groups in total. The summed E-state index contributed by atoms with van der Waals surface area (Å²) >= 11 is 5.99. The molecule has 0 unspecified atom stereocenters. The van der Waals surface area contributed by atoms with Gasteiger partial charge in [0.2, 0.25) is 5.28 Å². The normalized spacial score (nSPS) is 11.4. The molecule has 0 bridgehead atoms. The van der Waals surface area contributed by atoms with Gasteiger partial charge in [0.25, 0.3) is 11.4 Å². The number of ether oxygens (including phenoxy) is 1. The lowest BCUT2D eigenvalue weighted by Crippen LogP contribution is -2.40. The van der Waals surface area contributed by atoms with Gasteiger partial charge in [-0.25, -0.2) is 4.79 Å². The molecular formula is C23H27ClN6O4. The summed E-state index contributed by atoms with van der Waals surface area (Å²) in [4.78, 5) is 37.4. The Morgan fingerprint density at radius 3 is 2.62 bits per heavy atom. The highest BCUT2D eigenvalue weighted by Crippen LogP contribution is 2.28. The fourth-order valence-electron chi connectivity index (χ4n) is 3.90. The maximum atomic E-state index is 13.1. The van der Waals surface area contributed by atoms with Crippen LogP contribution in [0.2, 0.25) is 5.28 Å². The van der Waals surface area contributed by atoms with E-state index in [0.717, 1.165) is 24.8 Å². The van der Waals surface area contributed by atoms with Crippen molar-refractivity contribution in [3.63, 3.8) is 0 Å². The molecule has 0 aliphatic carbocycles. The smallest absolute Gasteiger partial charge is 0.332 e. The lowest BCUT2D eigenvalue weighted by molar-refractivity contribution is 0.402. The fraction of sp³-hybridized carbons (Fsp3) is 0.435. The van der Waals surface area contributed by atoms with Gasteiger partial charge in [-0.05, 0) is 43.0 Å². The van der Waals surface area contributed by atoms with Crippen LogP contribution in [-0.4, -0.2) is 36.4 Å². The molecule has 3 aromatic heterocycles. The first-order valence-electron chi connectivity index (χ1n) is 11.4. The zero-order valence-electron chi connectivity index (χ0n) is 19.2. The quantitative estimate of drug-likeness (QED) is 0.252. The Morgan fingerprint density at radius 1 is 1.06 bits per heavy atom. The summed E-state index contributed by atoms with van der Waals surface area (Å²) in [7, 11) is 1.59. The van der Waals surface area contributed by atoms with E-state index in [1.807, 2.05) is 24.3 Å². The Morgan fingerprint density at radius 2 is 1.82 bits per heavy atom. The molecule has 10 nitrogen and oxygen atoms in total. The van der Waals surface area contributed by atoms with Gasteiger partial charge < -0.3 is 14.2 Å². The van der Waals surface area contributed by atoms with Gasteiger partial charge in [-0.15, -0.1) is 0 Å². The molecule has 0 saturated carbocycles. The van der Waals surface area contributed by atoms with Crippen LogP contribution in [0.5, 0.6) is 5.75 Å². The van der Waals surface area contributed by atoms with E-state index in [2.05, 4.69) is 27.0 Å². The van der Waals surface area contributed by atoms with Crippen molar-refractivity contribution in [3.8, 4) is 17.2 Å². The Bertz CT molecular complexity index is 1390. The van der Waals surface area contributed by atoms with Crippen LogP contribution in [0.25, 0.3) is 22.6 Å². The number of nitrogens with zero attached hydrogens (tertiary/aromatic N) is 5. The van der Waals surface area contributed by atoms with Gasteiger partial charge in [0.15, 0.2) is 17.0 Å². The van der Waals surface area contributed by atoms with Crippen molar-refractivity contribution < 1.29 is 9.26 Å². The molecule has 0 aliphatic rings. The molecule has 180 valence electrons. The topological polar surface area (TPSA) is 121 Å². The third-order valence-electron chi connectivity index (χ3n) is 5.66. The number of rotatable bonds is 11. The van der Waals surface area contributed by atoms with Gasteiger partial charge in [-0.3, -0.25) is 13.9 Å². The summed E-state index contributed by atoms with van der Waals surface area (Å²) in [6.07, 6.45) is 4.64. The highest BCUT2D eigenvalue weighted by atomic mass is 35.5. The highest BCUT2D eigenvalue weighted by molar-refractivity contribution is 6.28. The van der Waals surface area contributed by atoms with Crippen LogP contribution in [0.15, 0.2) is 38.4 Å². The predicted molar refractivity (Wildman–Crippen MR) is 128 cm³/mol. The molecule has 1 aromatic carbocycles. The summed E-state index contributed by atoms with van der Waals surface area (Å²) in [5.74, 6) is 1.60.